The van der Waals surface area contributed by atoms with Gasteiger partial charge in [0.2, 0.25) is 5.91 Å². The SMILES string of the molecule is N#Cc1ccccc1NC(=O)Cc1c[nH]c2ccc(Cl)cc12. The summed E-state index contributed by atoms with van der Waals surface area (Å²) in [6, 6.07) is 14.5. The number of nitrogens with zero attached hydrogens (tertiary/aromatic N) is 1. The molecule has 1 aromatic heterocycles. The summed E-state index contributed by atoms with van der Waals surface area (Å²) in [7, 11) is 0. The molecule has 0 saturated carbocycles. The second-order valence-electron chi connectivity index (χ2n) is 4.89. The van der Waals surface area contributed by atoms with Crippen molar-refractivity contribution in [2.24, 2.45) is 0 Å². The highest BCUT2D eigenvalue weighted by molar-refractivity contribution is 6.31. The Morgan fingerprint density at radius 3 is 2.91 bits per heavy atom. The van der Waals surface area contributed by atoms with Crippen LogP contribution in [0.5, 0.6) is 0 Å². The first-order valence-corrected chi connectivity index (χ1v) is 7.09. The molecule has 0 aliphatic rings. The second kappa shape index (κ2) is 5.92. The van der Waals surface area contributed by atoms with E-state index in [-0.39, 0.29) is 12.3 Å². The Labute approximate surface area is 132 Å². The highest BCUT2D eigenvalue weighted by Gasteiger charge is 2.11. The van der Waals surface area contributed by atoms with E-state index in [9.17, 15) is 4.79 Å². The van der Waals surface area contributed by atoms with Gasteiger partial charge in [-0.1, -0.05) is 23.7 Å². The molecule has 4 nitrogen and oxygen atoms in total. The number of halogens is 1. The minimum Gasteiger partial charge on any atom is -0.361 e. The van der Waals surface area contributed by atoms with E-state index in [1.165, 1.54) is 0 Å². The molecule has 0 aliphatic carbocycles. The van der Waals surface area contributed by atoms with Crippen LogP contribution < -0.4 is 5.32 Å². The maximum Gasteiger partial charge on any atom is 0.228 e. The van der Waals surface area contributed by atoms with E-state index >= 15 is 0 Å². The Balaban J connectivity index is 1.82. The number of nitriles is 1. The summed E-state index contributed by atoms with van der Waals surface area (Å²) in [4.78, 5) is 15.3. The zero-order valence-electron chi connectivity index (χ0n) is 11.6. The van der Waals surface area contributed by atoms with Gasteiger partial charge in [-0.3, -0.25) is 4.79 Å². The summed E-state index contributed by atoms with van der Waals surface area (Å²) >= 11 is 6.00. The summed E-state index contributed by atoms with van der Waals surface area (Å²) < 4.78 is 0. The number of carbonyl (C=O) groups is 1. The molecule has 3 aromatic rings. The van der Waals surface area contributed by atoms with Crippen LogP contribution in [0.25, 0.3) is 10.9 Å². The van der Waals surface area contributed by atoms with Gasteiger partial charge in [-0.15, -0.1) is 0 Å². The number of nitrogens with one attached hydrogen (secondary N) is 2. The lowest BCUT2D eigenvalue weighted by Gasteiger charge is -2.06. The van der Waals surface area contributed by atoms with Crippen molar-refractivity contribution in [2.45, 2.75) is 6.42 Å². The molecule has 0 atom stereocenters. The minimum atomic E-state index is -0.177. The number of para-hydroxylation sites is 1. The largest absolute Gasteiger partial charge is 0.361 e. The number of anilines is 1. The van der Waals surface area contributed by atoms with Crippen LogP contribution >= 0.6 is 11.6 Å². The molecule has 0 spiro atoms. The van der Waals surface area contributed by atoms with Gasteiger partial charge in [0.25, 0.3) is 0 Å². The van der Waals surface area contributed by atoms with Crippen molar-refractivity contribution in [3.8, 4) is 6.07 Å². The van der Waals surface area contributed by atoms with E-state index in [1.807, 2.05) is 12.1 Å². The number of aromatic amines is 1. The van der Waals surface area contributed by atoms with Crippen molar-refractivity contribution in [3.05, 3.63) is 64.8 Å². The standard InChI is InChI=1S/C17H12ClN3O/c18-13-5-6-16-14(8-13)12(10-20-16)7-17(22)21-15-4-2-1-3-11(15)9-19/h1-6,8,10,20H,7H2,(H,21,22). The summed E-state index contributed by atoms with van der Waals surface area (Å²) in [5.74, 6) is -0.177. The number of carbonyl (C=O) groups excluding carboxylic acids is 1. The smallest absolute Gasteiger partial charge is 0.228 e. The minimum absolute atomic E-state index is 0.177. The zero-order chi connectivity index (χ0) is 15.5. The van der Waals surface area contributed by atoms with Gasteiger partial charge in [0.1, 0.15) is 6.07 Å². The van der Waals surface area contributed by atoms with Crippen LogP contribution in [0, 0.1) is 11.3 Å². The predicted octanol–water partition coefficient (Wildman–Crippen LogP) is 3.87. The monoisotopic (exact) mass is 309 g/mol. The highest BCUT2D eigenvalue weighted by atomic mass is 35.5. The van der Waals surface area contributed by atoms with Gasteiger partial charge >= 0.3 is 0 Å². The molecule has 0 bridgehead atoms. The van der Waals surface area contributed by atoms with Gasteiger partial charge in [-0.05, 0) is 35.9 Å². The molecule has 2 aromatic carbocycles. The average Bonchev–Trinajstić information content (AvgIpc) is 2.90. The Morgan fingerprint density at radius 1 is 1.27 bits per heavy atom. The van der Waals surface area contributed by atoms with Crippen molar-refractivity contribution in [3.63, 3.8) is 0 Å². The maximum absolute atomic E-state index is 12.2. The van der Waals surface area contributed by atoms with Gasteiger partial charge in [0.05, 0.1) is 17.7 Å². The second-order valence-corrected chi connectivity index (χ2v) is 5.32. The quantitative estimate of drug-likeness (QED) is 0.771. The molecule has 1 amide bonds. The van der Waals surface area contributed by atoms with Crippen LogP contribution in [0.1, 0.15) is 11.1 Å². The van der Waals surface area contributed by atoms with Crippen molar-refractivity contribution in [1.82, 2.24) is 4.98 Å². The van der Waals surface area contributed by atoms with Gasteiger partial charge in [-0.2, -0.15) is 5.26 Å². The van der Waals surface area contributed by atoms with Crippen molar-refractivity contribution in [2.75, 3.05) is 5.32 Å². The molecule has 0 saturated heterocycles. The third-order valence-electron chi connectivity index (χ3n) is 3.40. The number of hydrogen-bond donors (Lipinski definition) is 2. The first-order chi connectivity index (χ1) is 10.7. The number of hydrogen-bond acceptors (Lipinski definition) is 2. The van der Waals surface area contributed by atoms with E-state index in [0.717, 1.165) is 16.5 Å². The van der Waals surface area contributed by atoms with Crippen LogP contribution in [0.2, 0.25) is 5.02 Å². The lowest BCUT2D eigenvalue weighted by Crippen LogP contribution is -2.15. The fraction of sp³-hybridized carbons (Fsp3) is 0.0588. The van der Waals surface area contributed by atoms with E-state index < -0.39 is 0 Å². The molecule has 0 radical (unpaired) electrons. The third-order valence-corrected chi connectivity index (χ3v) is 3.64. The zero-order valence-corrected chi connectivity index (χ0v) is 12.3. The topological polar surface area (TPSA) is 68.7 Å². The van der Waals surface area contributed by atoms with Gasteiger partial charge in [-0.25, -0.2) is 0 Å². The summed E-state index contributed by atoms with van der Waals surface area (Å²) in [5, 5.41) is 13.4. The molecule has 3 rings (SSSR count). The molecule has 0 fully saturated rings. The molecule has 5 heteroatoms. The normalized spacial score (nSPS) is 10.4. The van der Waals surface area contributed by atoms with Gasteiger partial charge < -0.3 is 10.3 Å². The van der Waals surface area contributed by atoms with Crippen LogP contribution in [-0.4, -0.2) is 10.9 Å². The Bertz CT molecular complexity index is 892. The van der Waals surface area contributed by atoms with E-state index in [1.54, 1.807) is 36.5 Å². The van der Waals surface area contributed by atoms with Crippen molar-refractivity contribution >= 4 is 34.1 Å². The Hall–Kier alpha value is -2.77. The van der Waals surface area contributed by atoms with Gasteiger partial charge in [0.15, 0.2) is 0 Å². The van der Waals surface area contributed by atoms with Crippen LogP contribution in [0.3, 0.4) is 0 Å². The Kier molecular flexibility index (Phi) is 3.82. The summed E-state index contributed by atoms with van der Waals surface area (Å²) in [6.45, 7) is 0. The molecular formula is C17H12ClN3O. The molecule has 0 aliphatic heterocycles. The molecule has 22 heavy (non-hydrogen) atoms. The number of H-pyrrole nitrogens is 1. The average molecular weight is 310 g/mol. The summed E-state index contributed by atoms with van der Waals surface area (Å²) in [5.41, 5.74) is 2.76. The number of benzene rings is 2. The van der Waals surface area contributed by atoms with Gasteiger partial charge in [0, 0.05) is 22.1 Å². The lowest BCUT2D eigenvalue weighted by molar-refractivity contribution is -0.115. The van der Waals surface area contributed by atoms with E-state index in [2.05, 4.69) is 16.4 Å². The van der Waals surface area contributed by atoms with Crippen molar-refractivity contribution < 1.29 is 4.79 Å². The maximum atomic E-state index is 12.2. The van der Waals surface area contributed by atoms with Crippen LogP contribution in [-0.2, 0) is 11.2 Å². The molecular weight excluding hydrogens is 298 g/mol. The molecule has 1 heterocycles. The number of amides is 1. The van der Waals surface area contributed by atoms with Crippen molar-refractivity contribution in [1.29, 1.82) is 5.26 Å². The van der Waals surface area contributed by atoms with Crippen LogP contribution in [0.4, 0.5) is 5.69 Å². The van der Waals surface area contributed by atoms with E-state index in [0.29, 0.717) is 16.3 Å². The molecule has 0 unspecified atom stereocenters. The molecule has 2 N–H and O–H groups in total. The third kappa shape index (κ3) is 2.80. The highest BCUT2D eigenvalue weighted by Crippen LogP contribution is 2.23. The molecule has 108 valence electrons. The van der Waals surface area contributed by atoms with E-state index in [4.69, 9.17) is 16.9 Å². The first-order valence-electron chi connectivity index (χ1n) is 6.72. The number of fused-ring (bicyclic) bond motifs is 1. The Morgan fingerprint density at radius 2 is 2.09 bits per heavy atom. The first kappa shape index (κ1) is 14.2. The van der Waals surface area contributed by atoms with Crippen LogP contribution in [0.15, 0.2) is 48.7 Å². The fourth-order valence-electron chi connectivity index (χ4n) is 2.35. The number of aromatic nitrogens is 1. The summed E-state index contributed by atoms with van der Waals surface area (Å²) in [6.07, 6.45) is 2.01. The number of rotatable bonds is 3. The predicted molar refractivity (Wildman–Crippen MR) is 86.8 cm³/mol. The fourth-order valence-corrected chi connectivity index (χ4v) is 2.53. The lowest BCUT2D eigenvalue weighted by atomic mass is 10.1.